The number of ether oxygens (including phenoxy) is 1. The van der Waals surface area contributed by atoms with Gasteiger partial charge < -0.3 is 4.74 Å². The van der Waals surface area contributed by atoms with Crippen LogP contribution in [0.2, 0.25) is 0 Å². The molecule has 4 aromatic rings. The van der Waals surface area contributed by atoms with Crippen molar-refractivity contribution in [1.29, 1.82) is 0 Å². The van der Waals surface area contributed by atoms with Crippen molar-refractivity contribution < 1.29 is 35.5 Å². The molecule has 1 aliphatic rings. The van der Waals surface area contributed by atoms with Gasteiger partial charge in [0.25, 0.3) is 0 Å². The van der Waals surface area contributed by atoms with Crippen molar-refractivity contribution >= 4 is 0 Å². The van der Waals surface area contributed by atoms with E-state index in [0.29, 0.717) is 22.6 Å². The second-order valence-electron chi connectivity index (χ2n) is 12.2. The van der Waals surface area contributed by atoms with E-state index in [1.165, 1.54) is 61.4 Å². The molecule has 0 heterocycles. The zero-order chi connectivity index (χ0) is 32.8. The molecule has 0 N–H and O–H groups in total. The van der Waals surface area contributed by atoms with Crippen LogP contribution >= 0.6 is 0 Å². The van der Waals surface area contributed by atoms with E-state index in [1.807, 2.05) is 0 Å². The van der Waals surface area contributed by atoms with Crippen molar-refractivity contribution in [3.05, 3.63) is 113 Å². The number of rotatable bonds is 12. The van der Waals surface area contributed by atoms with Crippen LogP contribution in [0.3, 0.4) is 0 Å². The predicted molar refractivity (Wildman–Crippen MR) is 167 cm³/mol. The molecule has 46 heavy (non-hydrogen) atoms. The van der Waals surface area contributed by atoms with Gasteiger partial charge in [0.2, 0.25) is 0 Å². The maximum absolute atomic E-state index is 15.1. The van der Waals surface area contributed by atoms with Gasteiger partial charge in [0.1, 0.15) is 34.6 Å². The third kappa shape index (κ3) is 7.76. The molecule has 0 spiro atoms. The summed E-state index contributed by atoms with van der Waals surface area (Å²) >= 11 is 0. The smallest absolute Gasteiger partial charge is 0.429 e. The first-order chi connectivity index (χ1) is 22.1. The van der Waals surface area contributed by atoms with E-state index in [4.69, 9.17) is 4.74 Å². The van der Waals surface area contributed by atoms with Crippen molar-refractivity contribution in [3.8, 4) is 28.0 Å². The predicted octanol–water partition coefficient (Wildman–Crippen LogP) is 12.1. The number of halogens is 7. The van der Waals surface area contributed by atoms with Gasteiger partial charge in [0, 0.05) is 12.0 Å². The first-order valence-corrected chi connectivity index (χ1v) is 15.9. The highest BCUT2D eigenvalue weighted by atomic mass is 19.3. The molecule has 1 nitrogen and oxygen atoms in total. The van der Waals surface area contributed by atoms with Crippen LogP contribution in [-0.2, 0) is 12.5 Å². The number of alkyl halides is 3. The second kappa shape index (κ2) is 14.7. The van der Waals surface area contributed by atoms with Gasteiger partial charge in [-0.1, -0.05) is 69.0 Å². The molecule has 0 amide bonds. The number of benzene rings is 4. The van der Waals surface area contributed by atoms with Gasteiger partial charge in [-0.3, -0.25) is 4.39 Å². The SMILES string of the molecule is CCCCCC1CCC(c2cc(F)c(C(F)(F)Oc3ccc(-c4ccc(-c5ccc(CCF)c(F)c5)c(F)c4)cc3)c(F)c2)CC1. The van der Waals surface area contributed by atoms with Gasteiger partial charge in [-0.05, 0) is 102 Å². The van der Waals surface area contributed by atoms with Crippen LogP contribution in [0.25, 0.3) is 22.3 Å². The van der Waals surface area contributed by atoms with E-state index in [0.717, 1.165) is 56.7 Å². The fraction of sp³-hybridized carbons (Fsp3) is 0.368. The van der Waals surface area contributed by atoms with Crippen molar-refractivity contribution in [3.63, 3.8) is 0 Å². The molecule has 4 aromatic carbocycles. The Morgan fingerprint density at radius 1 is 0.696 bits per heavy atom. The zero-order valence-corrected chi connectivity index (χ0v) is 25.7. The molecule has 0 unspecified atom stereocenters. The maximum Gasteiger partial charge on any atom is 0.432 e. The summed E-state index contributed by atoms with van der Waals surface area (Å²) in [5.74, 6) is -3.78. The van der Waals surface area contributed by atoms with E-state index in [9.17, 15) is 8.78 Å². The van der Waals surface area contributed by atoms with E-state index in [1.54, 1.807) is 6.07 Å². The van der Waals surface area contributed by atoms with Crippen molar-refractivity contribution in [2.75, 3.05) is 6.67 Å². The molecular formula is C38H37F7O. The number of aryl methyl sites for hydroxylation is 1. The zero-order valence-electron chi connectivity index (χ0n) is 25.7. The average molecular weight is 643 g/mol. The lowest BCUT2D eigenvalue weighted by atomic mass is 9.77. The summed E-state index contributed by atoms with van der Waals surface area (Å²) in [6.45, 7) is 1.45. The van der Waals surface area contributed by atoms with E-state index in [2.05, 4.69) is 6.92 Å². The number of hydrogen-bond acceptors (Lipinski definition) is 1. The minimum absolute atomic E-state index is 0.0735. The van der Waals surface area contributed by atoms with Crippen LogP contribution in [0.4, 0.5) is 30.7 Å². The lowest BCUT2D eigenvalue weighted by molar-refractivity contribution is -0.189. The first kappa shape index (κ1) is 33.6. The summed E-state index contributed by atoms with van der Waals surface area (Å²) in [5, 5.41) is 0. The van der Waals surface area contributed by atoms with Gasteiger partial charge >= 0.3 is 6.11 Å². The van der Waals surface area contributed by atoms with Crippen LogP contribution < -0.4 is 4.74 Å². The topological polar surface area (TPSA) is 9.23 Å². The molecule has 0 saturated heterocycles. The Morgan fingerprint density at radius 2 is 1.33 bits per heavy atom. The first-order valence-electron chi connectivity index (χ1n) is 15.9. The molecule has 0 bridgehead atoms. The number of unbranched alkanes of at least 4 members (excludes halogenated alkanes) is 2. The monoisotopic (exact) mass is 642 g/mol. The Morgan fingerprint density at radius 3 is 1.93 bits per heavy atom. The van der Waals surface area contributed by atoms with E-state index < -0.39 is 41.6 Å². The van der Waals surface area contributed by atoms with Crippen LogP contribution in [0.5, 0.6) is 5.75 Å². The molecule has 1 saturated carbocycles. The molecule has 5 rings (SSSR count). The van der Waals surface area contributed by atoms with Crippen LogP contribution in [0.1, 0.15) is 80.9 Å². The largest absolute Gasteiger partial charge is 0.432 e. The summed E-state index contributed by atoms with van der Waals surface area (Å²) in [4.78, 5) is 0. The van der Waals surface area contributed by atoms with E-state index in [-0.39, 0.29) is 34.8 Å². The van der Waals surface area contributed by atoms with Crippen LogP contribution in [0.15, 0.2) is 72.8 Å². The minimum atomic E-state index is -4.28. The summed E-state index contributed by atoms with van der Waals surface area (Å²) in [6, 6.07) is 15.6. The van der Waals surface area contributed by atoms with Crippen LogP contribution in [-0.4, -0.2) is 6.67 Å². The normalized spacial score (nSPS) is 16.9. The quantitative estimate of drug-likeness (QED) is 0.110. The van der Waals surface area contributed by atoms with Gasteiger partial charge in [0.05, 0.1) is 6.67 Å². The maximum atomic E-state index is 15.1. The molecule has 8 heteroatoms. The van der Waals surface area contributed by atoms with Gasteiger partial charge in [0.15, 0.2) is 0 Å². The van der Waals surface area contributed by atoms with Crippen molar-refractivity contribution in [1.82, 2.24) is 0 Å². The lowest BCUT2D eigenvalue weighted by Gasteiger charge is -2.29. The second-order valence-corrected chi connectivity index (χ2v) is 12.2. The van der Waals surface area contributed by atoms with Crippen molar-refractivity contribution in [2.45, 2.75) is 76.7 Å². The summed E-state index contributed by atoms with van der Waals surface area (Å²) in [7, 11) is 0. The molecule has 0 aromatic heterocycles. The highest BCUT2D eigenvalue weighted by Gasteiger charge is 2.41. The Kier molecular flexibility index (Phi) is 10.7. The Labute approximate surface area is 265 Å². The highest BCUT2D eigenvalue weighted by Crippen LogP contribution is 2.41. The van der Waals surface area contributed by atoms with Gasteiger partial charge in [-0.25, -0.2) is 17.6 Å². The van der Waals surface area contributed by atoms with Crippen LogP contribution in [0, 0.1) is 29.2 Å². The fourth-order valence-corrected chi connectivity index (χ4v) is 6.44. The molecule has 0 atom stereocenters. The van der Waals surface area contributed by atoms with E-state index >= 15 is 22.0 Å². The Bertz CT molecular complexity index is 1600. The average Bonchev–Trinajstić information content (AvgIpc) is 3.02. The lowest BCUT2D eigenvalue weighted by Crippen LogP contribution is -2.25. The standard InChI is InChI=1S/C38H37F7O/c1-2-3-4-5-24-6-8-26(9-7-24)30-22-35(42)37(36(43)23-30)38(44,45)46-31-15-12-25(13-16-31)28-14-17-32(34(41)20-28)29-11-10-27(18-19-39)33(40)21-29/h10-17,20-24,26H,2-9,18-19H2,1H3. The molecule has 0 radical (unpaired) electrons. The molecular weight excluding hydrogens is 605 g/mol. The third-order valence-electron chi connectivity index (χ3n) is 9.02. The van der Waals surface area contributed by atoms with Gasteiger partial charge in [-0.2, -0.15) is 8.78 Å². The summed E-state index contributed by atoms with van der Waals surface area (Å²) < 4.78 is 107. The number of hydrogen-bond donors (Lipinski definition) is 0. The van der Waals surface area contributed by atoms with Gasteiger partial charge in [-0.15, -0.1) is 0 Å². The fourth-order valence-electron chi connectivity index (χ4n) is 6.44. The Hall–Kier alpha value is -3.81. The molecule has 0 aliphatic heterocycles. The Balaban J connectivity index is 1.25. The summed E-state index contributed by atoms with van der Waals surface area (Å²) in [6.07, 6.45) is 3.78. The van der Waals surface area contributed by atoms with Crippen molar-refractivity contribution in [2.24, 2.45) is 5.92 Å². The third-order valence-corrected chi connectivity index (χ3v) is 9.02. The minimum Gasteiger partial charge on any atom is -0.429 e. The molecule has 244 valence electrons. The summed E-state index contributed by atoms with van der Waals surface area (Å²) in [5.41, 5.74) is 0.448. The molecule has 1 fully saturated rings. The molecule has 1 aliphatic carbocycles. The highest BCUT2D eigenvalue weighted by molar-refractivity contribution is 5.71.